The van der Waals surface area contributed by atoms with Crippen molar-refractivity contribution in [3.63, 3.8) is 0 Å². The van der Waals surface area contributed by atoms with Crippen LogP contribution < -0.4 is 10.6 Å². The molecule has 3 rings (SSSR count). The van der Waals surface area contributed by atoms with E-state index in [1.54, 1.807) is 11.9 Å². The van der Waals surface area contributed by atoms with Crippen LogP contribution >= 0.6 is 11.8 Å². The minimum Gasteiger partial charge on any atom is -0.486 e. The third kappa shape index (κ3) is 6.24. The van der Waals surface area contributed by atoms with Crippen molar-refractivity contribution in [3.05, 3.63) is 71.5 Å². The van der Waals surface area contributed by atoms with Gasteiger partial charge in [0.05, 0.1) is 5.75 Å². The van der Waals surface area contributed by atoms with Crippen molar-refractivity contribution in [2.45, 2.75) is 44.5 Å². The molecule has 0 radical (unpaired) electrons. The van der Waals surface area contributed by atoms with Gasteiger partial charge in [0.25, 0.3) is 0 Å². The number of nitrogens with zero attached hydrogens (tertiary/aromatic N) is 4. The third-order valence-electron chi connectivity index (χ3n) is 4.84. The minimum absolute atomic E-state index is 0.00593. The Kier molecular flexibility index (Phi) is 7.22. The molecule has 0 fully saturated rings. The van der Waals surface area contributed by atoms with Crippen LogP contribution in [0, 0.1) is 0 Å². The van der Waals surface area contributed by atoms with Crippen molar-refractivity contribution >= 4 is 17.7 Å². The summed E-state index contributed by atoms with van der Waals surface area (Å²) in [7, 11) is 1.78. The van der Waals surface area contributed by atoms with Gasteiger partial charge < -0.3 is 15.5 Å². The fraction of sp³-hybridized carbons (Fsp3) is 0.348. The minimum atomic E-state index is -0.00593. The first kappa shape index (κ1) is 22.7. The molecule has 0 aliphatic rings. The largest absolute Gasteiger partial charge is 0.486 e. The number of rotatable bonds is 8. The van der Waals surface area contributed by atoms with Gasteiger partial charge in [0.2, 0.25) is 11.1 Å². The number of hydrogen-bond donors (Lipinski definition) is 1. The average Bonchev–Trinajstić information content (AvgIpc) is 3.10. The van der Waals surface area contributed by atoms with E-state index in [0.29, 0.717) is 17.5 Å². The molecule has 1 heterocycles. The van der Waals surface area contributed by atoms with Gasteiger partial charge in [0.15, 0.2) is 5.82 Å². The lowest BCUT2D eigenvalue weighted by Crippen LogP contribution is -2.28. The summed E-state index contributed by atoms with van der Waals surface area (Å²) in [6.07, 6.45) is 0. The highest BCUT2D eigenvalue weighted by Gasteiger charge is 2.16. The van der Waals surface area contributed by atoms with Gasteiger partial charge in [-0.15, -0.1) is 10.2 Å². The Balaban J connectivity index is 1.51. The number of ether oxygens (including phenoxy) is 1. The van der Waals surface area contributed by atoms with E-state index < -0.39 is 0 Å². The van der Waals surface area contributed by atoms with Gasteiger partial charge in [-0.2, -0.15) is 0 Å². The summed E-state index contributed by atoms with van der Waals surface area (Å²) in [6, 6.07) is 17.9. The summed E-state index contributed by atoms with van der Waals surface area (Å²) in [4.78, 5) is 14.1. The molecule has 1 amide bonds. The van der Waals surface area contributed by atoms with Gasteiger partial charge in [-0.3, -0.25) is 4.79 Å². The van der Waals surface area contributed by atoms with E-state index in [1.165, 1.54) is 22.0 Å². The lowest BCUT2D eigenvalue weighted by atomic mass is 9.87. The zero-order chi connectivity index (χ0) is 22.4. The van der Waals surface area contributed by atoms with Gasteiger partial charge in [0.1, 0.15) is 12.4 Å². The number of benzene rings is 2. The number of nitrogen functional groups attached to an aromatic ring is 1. The standard InChI is InChI=1S/C23H29N5O2S/c1-23(2,3)18-10-12-19(13-11-18)30-15-20-25-26-22(28(20)24)31-16-21(29)27(4)14-17-8-6-5-7-9-17/h5-13H,14-16,24H2,1-4H3. The molecular weight excluding hydrogens is 410 g/mol. The molecular formula is C23H29N5O2S. The summed E-state index contributed by atoms with van der Waals surface area (Å²) in [5, 5.41) is 8.66. The molecule has 0 saturated heterocycles. The van der Waals surface area contributed by atoms with Gasteiger partial charge in [-0.1, -0.05) is 75.0 Å². The molecule has 0 saturated carbocycles. The molecule has 7 nitrogen and oxygen atoms in total. The Hall–Kier alpha value is -3.00. The Bertz CT molecular complexity index is 997. The van der Waals surface area contributed by atoms with E-state index in [1.807, 2.05) is 42.5 Å². The molecule has 0 aliphatic heterocycles. The molecule has 0 unspecified atom stereocenters. The van der Waals surface area contributed by atoms with Crippen LogP contribution in [0.25, 0.3) is 0 Å². The fourth-order valence-corrected chi connectivity index (χ4v) is 3.70. The molecule has 0 spiro atoms. The second-order valence-corrected chi connectivity index (χ2v) is 9.30. The fourth-order valence-electron chi connectivity index (χ4n) is 2.89. The molecule has 8 heteroatoms. The van der Waals surface area contributed by atoms with Gasteiger partial charge >= 0.3 is 0 Å². The Labute approximate surface area is 187 Å². The van der Waals surface area contributed by atoms with Crippen molar-refractivity contribution in [3.8, 4) is 5.75 Å². The highest BCUT2D eigenvalue weighted by molar-refractivity contribution is 7.99. The Morgan fingerprint density at radius 3 is 2.42 bits per heavy atom. The van der Waals surface area contributed by atoms with Gasteiger partial charge in [-0.05, 0) is 28.7 Å². The number of nitrogens with two attached hydrogens (primary N) is 1. The first-order valence-electron chi connectivity index (χ1n) is 10.1. The number of carbonyl (C=O) groups is 1. The number of thioether (sulfide) groups is 1. The van der Waals surface area contributed by atoms with E-state index in [0.717, 1.165) is 11.3 Å². The maximum absolute atomic E-state index is 12.4. The molecule has 0 aliphatic carbocycles. The van der Waals surface area contributed by atoms with Crippen LogP contribution in [0.4, 0.5) is 0 Å². The number of hydrogen-bond acceptors (Lipinski definition) is 6. The van der Waals surface area contributed by atoms with E-state index in [-0.39, 0.29) is 23.7 Å². The normalized spacial score (nSPS) is 11.4. The number of aromatic nitrogens is 3. The second kappa shape index (κ2) is 9.87. The summed E-state index contributed by atoms with van der Waals surface area (Å²) in [5.41, 5.74) is 2.41. The topological polar surface area (TPSA) is 86.3 Å². The highest BCUT2D eigenvalue weighted by atomic mass is 32.2. The zero-order valence-electron chi connectivity index (χ0n) is 18.4. The van der Waals surface area contributed by atoms with Crippen LogP contribution in [-0.4, -0.2) is 38.5 Å². The smallest absolute Gasteiger partial charge is 0.233 e. The summed E-state index contributed by atoms with van der Waals surface area (Å²) in [6.45, 7) is 7.26. The number of amides is 1. The highest BCUT2D eigenvalue weighted by Crippen LogP contribution is 2.24. The molecule has 3 aromatic rings. The zero-order valence-corrected chi connectivity index (χ0v) is 19.2. The maximum Gasteiger partial charge on any atom is 0.233 e. The van der Waals surface area contributed by atoms with Crippen LogP contribution in [0.3, 0.4) is 0 Å². The van der Waals surface area contributed by atoms with E-state index in [9.17, 15) is 4.79 Å². The van der Waals surface area contributed by atoms with Crippen molar-refractivity contribution in [2.24, 2.45) is 0 Å². The molecule has 1 aromatic heterocycles. The summed E-state index contributed by atoms with van der Waals surface area (Å²) in [5.74, 6) is 7.56. The van der Waals surface area contributed by atoms with Crippen LogP contribution in [0.5, 0.6) is 5.75 Å². The SMILES string of the molecule is CN(Cc1ccccc1)C(=O)CSc1nnc(COc2ccc(C(C)(C)C)cc2)n1N. The molecule has 2 N–H and O–H groups in total. The monoisotopic (exact) mass is 439 g/mol. The molecule has 0 bridgehead atoms. The van der Waals surface area contributed by atoms with Crippen LogP contribution in [0.15, 0.2) is 59.8 Å². The summed E-state index contributed by atoms with van der Waals surface area (Å²) >= 11 is 1.26. The lowest BCUT2D eigenvalue weighted by molar-refractivity contribution is -0.127. The lowest BCUT2D eigenvalue weighted by Gasteiger charge is -2.19. The van der Waals surface area contributed by atoms with Gasteiger partial charge in [0, 0.05) is 13.6 Å². The maximum atomic E-state index is 12.4. The van der Waals surface area contributed by atoms with Gasteiger partial charge in [-0.25, -0.2) is 4.68 Å². The predicted molar refractivity (Wildman–Crippen MR) is 123 cm³/mol. The van der Waals surface area contributed by atoms with Crippen molar-refractivity contribution < 1.29 is 9.53 Å². The summed E-state index contributed by atoms with van der Waals surface area (Å²) < 4.78 is 7.17. The van der Waals surface area contributed by atoms with Crippen molar-refractivity contribution in [1.29, 1.82) is 0 Å². The van der Waals surface area contributed by atoms with E-state index >= 15 is 0 Å². The third-order valence-corrected chi connectivity index (χ3v) is 5.76. The van der Waals surface area contributed by atoms with Crippen LogP contribution in [-0.2, 0) is 23.4 Å². The van der Waals surface area contributed by atoms with Crippen molar-refractivity contribution in [1.82, 2.24) is 19.8 Å². The molecule has 2 aromatic carbocycles. The van der Waals surface area contributed by atoms with E-state index in [4.69, 9.17) is 10.6 Å². The molecule has 164 valence electrons. The Morgan fingerprint density at radius 2 is 1.77 bits per heavy atom. The first-order valence-corrected chi connectivity index (χ1v) is 11.1. The van der Waals surface area contributed by atoms with Crippen LogP contribution in [0.2, 0.25) is 0 Å². The predicted octanol–water partition coefficient (Wildman–Crippen LogP) is 3.62. The van der Waals surface area contributed by atoms with E-state index in [2.05, 4.69) is 43.1 Å². The van der Waals surface area contributed by atoms with Crippen molar-refractivity contribution in [2.75, 3.05) is 18.6 Å². The number of carbonyl (C=O) groups excluding carboxylic acids is 1. The second-order valence-electron chi connectivity index (χ2n) is 8.36. The van der Waals surface area contributed by atoms with Crippen LogP contribution in [0.1, 0.15) is 37.7 Å². The molecule has 31 heavy (non-hydrogen) atoms. The average molecular weight is 440 g/mol. The Morgan fingerprint density at radius 1 is 1.10 bits per heavy atom. The quantitative estimate of drug-likeness (QED) is 0.426. The first-order chi connectivity index (χ1) is 14.7. The molecule has 0 atom stereocenters.